The molecule has 0 aromatic carbocycles. The molecule has 4 nitrogen and oxygen atoms in total. The number of ether oxygens (including phenoxy) is 1. The van der Waals surface area contributed by atoms with Gasteiger partial charge in [0.1, 0.15) is 5.01 Å². The number of carbonyl (C=O) groups is 1. The summed E-state index contributed by atoms with van der Waals surface area (Å²) in [6.07, 6.45) is 8.56. The van der Waals surface area contributed by atoms with Crippen LogP contribution in [0.15, 0.2) is 5.38 Å². The van der Waals surface area contributed by atoms with E-state index in [9.17, 15) is 9.90 Å². The molecule has 0 spiro atoms. The molecule has 1 heterocycles. The number of esters is 1. The summed E-state index contributed by atoms with van der Waals surface area (Å²) in [5.74, 6) is 1.60. The quantitative estimate of drug-likeness (QED) is 0.627. The molecule has 2 aliphatic carbocycles. The van der Waals surface area contributed by atoms with Crippen molar-refractivity contribution < 1.29 is 14.6 Å². The molecule has 3 rings (SSSR count). The van der Waals surface area contributed by atoms with Gasteiger partial charge in [-0.1, -0.05) is 26.7 Å². The highest BCUT2D eigenvalue weighted by atomic mass is 32.1. The second-order valence-corrected chi connectivity index (χ2v) is 9.98. The third kappa shape index (κ3) is 4.56. The van der Waals surface area contributed by atoms with Gasteiger partial charge in [0.25, 0.3) is 0 Å². The van der Waals surface area contributed by atoms with Gasteiger partial charge in [-0.3, -0.25) is 4.79 Å². The number of aromatic nitrogens is 1. The highest BCUT2D eigenvalue weighted by Gasteiger charge is 2.51. The molecule has 1 N–H and O–H groups in total. The standard InChI is InChI=1S/C22H35NO3S/c1-14(17-10-11-18-19(25)8-6-12-22(17,18)4)7-5-9-20(26-16(3)24)21-23-15(2)13-27-21/h13-14,17-20,25H,5-12H2,1-4H3/t14?,17-,18+,19+,20?,22-/m1/s1. The average Bonchev–Trinajstić information content (AvgIpc) is 3.17. The third-order valence-corrected chi connectivity index (χ3v) is 8.25. The number of carbonyl (C=O) groups excluding carboxylic acids is 1. The van der Waals surface area contributed by atoms with Crippen LogP contribution in [-0.4, -0.2) is 22.2 Å². The fraction of sp³-hybridized carbons (Fsp3) is 0.818. The predicted octanol–water partition coefficient (Wildman–Crippen LogP) is 5.44. The van der Waals surface area contributed by atoms with Gasteiger partial charge in [0, 0.05) is 18.0 Å². The molecule has 6 atom stereocenters. The van der Waals surface area contributed by atoms with Crippen molar-refractivity contribution >= 4 is 17.3 Å². The van der Waals surface area contributed by atoms with Crippen LogP contribution in [0.5, 0.6) is 0 Å². The summed E-state index contributed by atoms with van der Waals surface area (Å²) >= 11 is 1.58. The Kier molecular flexibility index (Phi) is 6.62. The average molecular weight is 394 g/mol. The van der Waals surface area contributed by atoms with Gasteiger partial charge >= 0.3 is 5.97 Å². The number of aryl methyl sites for hydroxylation is 1. The minimum Gasteiger partial charge on any atom is -0.455 e. The number of thiazole rings is 1. The first kappa shape index (κ1) is 20.8. The normalized spacial score (nSPS) is 32.7. The van der Waals surface area contributed by atoms with Gasteiger partial charge in [0.05, 0.1) is 6.10 Å². The molecule has 0 bridgehead atoms. The fourth-order valence-corrected chi connectivity index (χ4v) is 6.76. The molecule has 1 aromatic heterocycles. The summed E-state index contributed by atoms with van der Waals surface area (Å²) in [6.45, 7) is 8.26. The van der Waals surface area contributed by atoms with E-state index >= 15 is 0 Å². The number of aliphatic hydroxyl groups excluding tert-OH is 1. The van der Waals surface area contributed by atoms with Gasteiger partial charge in [-0.2, -0.15) is 0 Å². The number of hydrogen-bond acceptors (Lipinski definition) is 5. The molecule has 5 heteroatoms. The lowest BCUT2D eigenvalue weighted by molar-refractivity contribution is -0.147. The van der Waals surface area contributed by atoms with Crippen LogP contribution in [0, 0.1) is 30.1 Å². The number of fused-ring (bicyclic) bond motifs is 1. The summed E-state index contributed by atoms with van der Waals surface area (Å²) in [6, 6.07) is 0. The first-order chi connectivity index (χ1) is 12.8. The number of hydrogen-bond donors (Lipinski definition) is 1. The Morgan fingerprint density at radius 1 is 1.41 bits per heavy atom. The van der Waals surface area contributed by atoms with E-state index in [0.29, 0.717) is 23.2 Å². The molecular weight excluding hydrogens is 358 g/mol. The van der Waals surface area contributed by atoms with Gasteiger partial charge in [-0.15, -0.1) is 11.3 Å². The molecule has 2 fully saturated rings. The molecular formula is C22H35NO3S. The molecule has 0 saturated heterocycles. The lowest BCUT2D eigenvalue weighted by Gasteiger charge is -2.45. The highest BCUT2D eigenvalue weighted by molar-refractivity contribution is 7.09. The van der Waals surface area contributed by atoms with E-state index in [1.54, 1.807) is 11.3 Å². The van der Waals surface area contributed by atoms with E-state index in [1.165, 1.54) is 26.2 Å². The second-order valence-electron chi connectivity index (χ2n) is 9.09. The maximum absolute atomic E-state index is 11.5. The maximum atomic E-state index is 11.5. The minimum atomic E-state index is -0.233. The van der Waals surface area contributed by atoms with Crippen molar-refractivity contribution in [2.75, 3.05) is 0 Å². The van der Waals surface area contributed by atoms with Crippen molar-refractivity contribution in [2.24, 2.45) is 23.2 Å². The fourth-order valence-electron chi connectivity index (χ4n) is 5.90. The Hall–Kier alpha value is -0.940. The van der Waals surface area contributed by atoms with E-state index in [1.807, 2.05) is 12.3 Å². The van der Waals surface area contributed by atoms with E-state index in [2.05, 4.69) is 18.8 Å². The van der Waals surface area contributed by atoms with Crippen molar-refractivity contribution in [3.63, 3.8) is 0 Å². The lowest BCUT2D eigenvalue weighted by Crippen LogP contribution is -2.41. The second kappa shape index (κ2) is 8.60. The number of aliphatic hydroxyl groups is 1. The van der Waals surface area contributed by atoms with Gasteiger partial charge in [-0.05, 0) is 68.6 Å². The monoisotopic (exact) mass is 393 g/mol. The Balaban J connectivity index is 1.56. The summed E-state index contributed by atoms with van der Waals surface area (Å²) in [5, 5.41) is 13.4. The molecule has 2 unspecified atom stereocenters. The Bertz CT molecular complexity index is 645. The van der Waals surface area contributed by atoms with E-state index in [-0.39, 0.29) is 18.2 Å². The molecule has 27 heavy (non-hydrogen) atoms. The largest absolute Gasteiger partial charge is 0.455 e. The van der Waals surface area contributed by atoms with Gasteiger partial charge < -0.3 is 9.84 Å². The maximum Gasteiger partial charge on any atom is 0.303 e. The minimum absolute atomic E-state index is 0.0950. The van der Waals surface area contributed by atoms with Crippen LogP contribution >= 0.6 is 11.3 Å². The van der Waals surface area contributed by atoms with Crippen molar-refractivity contribution in [1.82, 2.24) is 4.98 Å². The number of rotatable bonds is 7. The van der Waals surface area contributed by atoms with Crippen LogP contribution < -0.4 is 0 Å². The third-order valence-electron chi connectivity index (χ3n) is 7.20. The van der Waals surface area contributed by atoms with Crippen molar-refractivity contribution in [3.8, 4) is 0 Å². The van der Waals surface area contributed by atoms with Crippen LogP contribution in [0.3, 0.4) is 0 Å². The Labute approximate surface area is 167 Å². The van der Waals surface area contributed by atoms with E-state index < -0.39 is 0 Å². The van der Waals surface area contributed by atoms with Crippen LogP contribution in [0.25, 0.3) is 0 Å². The SMILES string of the molecule is CC(=O)OC(CCCC(C)[C@H]1CC[C@H]2[C@@H](O)CCC[C@]12C)c1nc(C)cs1. The summed E-state index contributed by atoms with van der Waals surface area (Å²) in [7, 11) is 0. The zero-order chi connectivity index (χ0) is 19.6. The zero-order valence-electron chi connectivity index (χ0n) is 17.2. The molecule has 152 valence electrons. The van der Waals surface area contributed by atoms with Gasteiger partial charge in [0.2, 0.25) is 0 Å². The molecule has 1 aromatic rings. The van der Waals surface area contributed by atoms with Gasteiger partial charge in [0.15, 0.2) is 6.10 Å². The van der Waals surface area contributed by atoms with Crippen LogP contribution in [0.2, 0.25) is 0 Å². The zero-order valence-corrected chi connectivity index (χ0v) is 18.1. The van der Waals surface area contributed by atoms with Crippen molar-refractivity contribution in [1.29, 1.82) is 0 Å². The Morgan fingerprint density at radius 2 is 2.19 bits per heavy atom. The smallest absolute Gasteiger partial charge is 0.303 e. The lowest BCUT2D eigenvalue weighted by atomic mass is 9.61. The molecule has 2 aliphatic rings. The van der Waals surface area contributed by atoms with Crippen molar-refractivity contribution in [2.45, 2.75) is 91.3 Å². The molecule has 0 amide bonds. The molecule has 0 radical (unpaired) electrons. The summed E-state index contributed by atoms with van der Waals surface area (Å²) in [5.41, 5.74) is 1.29. The topological polar surface area (TPSA) is 59.4 Å². The molecule has 0 aliphatic heterocycles. The van der Waals surface area contributed by atoms with E-state index in [4.69, 9.17) is 4.74 Å². The van der Waals surface area contributed by atoms with Crippen LogP contribution in [-0.2, 0) is 9.53 Å². The number of nitrogens with zero attached hydrogens (tertiary/aromatic N) is 1. The van der Waals surface area contributed by atoms with Gasteiger partial charge in [-0.25, -0.2) is 4.98 Å². The summed E-state index contributed by atoms with van der Waals surface area (Å²) in [4.78, 5) is 16.0. The van der Waals surface area contributed by atoms with Crippen LogP contribution in [0.4, 0.5) is 0 Å². The Morgan fingerprint density at radius 3 is 2.85 bits per heavy atom. The van der Waals surface area contributed by atoms with Crippen LogP contribution in [0.1, 0.15) is 88.9 Å². The molecule has 2 saturated carbocycles. The van der Waals surface area contributed by atoms with Crippen molar-refractivity contribution in [3.05, 3.63) is 16.1 Å². The first-order valence-electron chi connectivity index (χ1n) is 10.6. The van der Waals surface area contributed by atoms with E-state index in [0.717, 1.165) is 42.8 Å². The highest BCUT2D eigenvalue weighted by Crippen LogP contribution is 2.58. The first-order valence-corrected chi connectivity index (χ1v) is 11.5. The predicted molar refractivity (Wildman–Crippen MR) is 109 cm³/mol. The summed E-state index contributed by atoms with van der Waals surface area (Å²) < 4.78 is 5.55.